The Bertz CT molecular complexity index is 298. The van der Waals surface area contributed by atoms with Gasteiger partial charge in [0.1, 0.15) is 0 Å². The van der Waals surface area contributed by atoms with Crippen molar-refractivity contribution in [3.63, 3.8) is 0 Å². The number of aliphatic hydroxyl groups is 1. The second kappa shape index (κ2) is 5.71. The molecule has 2 saturated heterocycles. The summed E-state index contributed by atoms with van der Waals surface area (Å²) in [4.78, 5) is 0. The minimum Gasteiger partial charge on any atom is -0.393 e. The monoisotopic (exact) mass is 268 g/mol. The lowest BCUT2D eigenvalue weighted by molar-refractivity contribution is -0.125. The van der Waals surface area contributed by atoms with Crippen LogP contribution in [-0.2, 0) is 9.47 Å². The van der Waals surface area contributed by atoms with Crippen LogP contribution in [0.1, 0.15) is 51.9 Å². The molecule has 0 aromatic carbocycles. The molecular formula is C16H28O3. The van der Waals surface area contributed by atoms with Gasteiger partial charge in [-0.1, -0.05) is 19.8 Å². The first-order chi connectivity index (χ1) is 9.19. The van der Waals surface area contributed by atoms with Gasteiger partial charge in [-0.05, 0) is 43.4 Å². The maximum Gasteiger partial charge on any atom is 0.0940 e. The molecule has 0 aromatic rings. The SMILES string of the molecule is CC1CCCC(C(O)C2CCOC3(CCOC3)C2)C1. The molecule has 1 spiro atoms. The predicted molar refractivity (Wildman–Crippen MR) is 74.0 cm³/mol. The van der Waals surface area contributed by atoms with Crippen molar-refractivity contribution in [2.45, 2.75) is 63.6 Å². The molecule has 5 atom stereocenters. The lowest BCUT2D eigenvalue weighted by atomic mass is 9.72. The first-order valence-electron chi connectivity index (χ1n) is 8.08. The van der Waals surface area contributed by atoms with Crippen LogP contribution in [0.3, 0.4) is 0 Å². The van der Waals surface area contributed by atoms with E-state index in [0.717, 1.165) is 45.0 Å². The van der Waals surface area contributed by atoms with E-state index in [1.54, 1.807) is 0 Å². The van der Waals surface area contributed by atoms with Crippen LogP contribution in [-0.4, -0.2) is 36.6 Å². The molecule has 2 heterocycles. The molecule has 1 saturated carbocycles. The molecular weight excluding hydrogens is 240 g/mol. The quantitative estimate of drug-likeness (QED) is 0.837. The van der Waals surface area contributed by atoms with E-state index < -0.39 is 0 Å². The Morgan fingerprint density at radius 3 is 2.79 bits per heavy atom. The highest BCUT2D eigenvalue weighted by Crippen LogP contribution is 2.41. The van der Waals surface area contributed by atoms with Gasteiger partial charge in [0, 0.05) is 19.6 Å². The van der Waals surface area contributed by atoms with E-state index in [-0.39, 0.29) is 11.7 Å². The number of hydrogen-bond acceptors (Lipinski definition) is 3. The number of hydrogen-bond donors (Lipinski definition) is 1. The van der Waals surface area contributed by atoms with Crippen molar-refractivity contribution < 1.29 is 14.6 Å². The normalized spacial score (nSPS) is 45.5. The van der Waals surface area contributed by atoms with Crippen molar-refractivity contribution in [1.29, 1.82) is 0 Å². The molecule has 0 radical (unpaired) electrons. The summed E-state index contributed by atoms with van der Waals surface area (Å²) in [7, 11) is 0. The minimum atomic E-state index is -0.121. The van der Waals surface area contributed by atoms with Gasteiger partial charge in [0.2, 0.25) is 0 Å². The highest BCUT2D eigenvalue weighted by Gasteiger charge is 2.44. The van der Waals surface area contributed by atoms with Gasteiger partial charge >= 0.3 is 0 Å². The van der Waals surface area contributed by atoms with Crippen LogP contribution in [0.4, 0.5) is 0 Å². The van der Waals surface area contributed by atoms with Gasteiger partial charge in [0.05, 0.1) is 18.3 Å². The first kappa shape index (κ1) is 13.8. The van der Waals surface area contributed by atoms with Crippen molar-refractivity contribution in [3.8, 4) is 0 Å². The fraction of sp³-hybridized carbons (Fsp3) is 1.00. The van der Waals surface area contributed by atoms with Crippen LogP contribution in [0, 0.1) is 17.8 Å². The van der Waals surface area contributed by atoms with Crippen molar-refractivity contribution in [3.05, 3.63) is 0 Å². The third-order valence-electron chi connectivity index (χ3n) is 5.54. The van der Waals surface area contributed by atoms with E-state index in [0.29, 0.717) is 11.8 Å². The first-order valence-corrected chi connectivity index (χ1v) is 8.08. The minimum absolute atomic E-state index is 0.0653. The van der Waals surface area contributed by atoms with E-state index in [2.05, 4.69) is 6.92 Å². The third-order valence-corrected chi connectivity index (χ3v) is 5.54. The zero-order chi connectivity index (χ0) is 13.3. The molecule has 3 aliphatic rings. The molecule has 1 aliphatic carbocycles. The van der Waals surface area contributed by atoms with Gasteiger partial charge < -0.3 is 14.6 Å². The Balaban J connectivity index is 1.61. The van der Waals surface area contributed by atoms with Crippen LogP contribution in [0.15, 0.2) is 0 Å². The topological polar surface area (TPSA) is 38.7 Å². The molecule has 110 valence electrons. The van der Waals surface area contributed by atoms with Gasteiger partial charge in [-0.3, -0.25) is 0 Å². The number of aliphatic hydroxyl groups excluding tert-OH is 1. The number of ether oxygens (including phenoxy) is 2. The van der Waals surface area contributed by atoms with Crippen LogP contribution >= 0.6 is 0 Å². The molecule has 0 amide bonds. The van der Waals surface area contributed by atoms with Gasteiger partial charge in [-0.15, -0.1) is 0 Å². The maximum atomic E-state index is 10.8. The zero-order valence-corrected chi connectivity index (χ0v) is 12.1. The molecule has 0 aromatic heterocycles. The second-order valence-electron chi connectivity index (χ2n) is 7.11. The highest BCUT2D eigenvalue weighted by molar-refractivity contribution is 4.93. The summed E-state index contributed by atoms with van der Waals surface area (Å²) in [5.41, 5.74) is -0.0653. The van der Waals surface area contributed by atoms with Crippen molar-refractivity contribution >= 4 is 0 Å². The molecule has 19 heavy (non-hydrogen) atoms. The molecule has 3 fully saturated rings. The van der Waals surface area contributed by atoms with E-state index in [1.165, 1.54) is 25.7 Å². The summed E-state index contributed by atoms with van der Waals surface area (Å²) in [5, 5.41) is 10.8. The van der Waals surface area contributed by atoms with E-state index in [1.807, 2.05) is 0 Å². The van der Waals surface area contributed by atoms with Gasteiger partial charge in [0.15, 0.2) is 0 Å². The van der Waals surface area contributed by atoms with Gasteiger partial charge in [0.25, 0.3) is 0 Å². The summed E-state index contributed by atoms with van der Waals surface area (Å²) >= 11 is 0. The molecule has 2 aliphatic heterocycles. The smallest absolute Gasteiger partial charge is 0.0940 e. The zero-order valence-electron chi connectivity index (χ0n) is 12.1. The molecule has 0 bridgehead atoms. The average Bonchev–Trinajstić information content (AvgIpc) is 2.86. The Hall–Kier alpha value is -0.120. The standard InChI is InChI=1S/C16H28O3/c1-12-3-2-4-13(9-12)15(17)14-5-7-19-16(10-14)6-8-18-11-16/h12-15,17H,2-11H2,1H3. The van der Waals surface area contributed by atoms with E-state index >= 15 is 0 Å². The van der Waals surface area contributed by atoms with Crippen molar-refractivity contribution in [2.75, 3.05) is 19.8 Å². The van der Waals surface area contributed by atoms with Crippen LogP contribution in [0.2, 0.25) is 0 Å². The van der Waals surface area contributed by atoms with Gasteiger partial charge in [-0.2, -0.15) is 0 Å². The van der Waals surface area contributed by atoms with Crippen molar-refractivity contribution in [1.82, 2.24) is 0 Å². The Morgan fingerprint density at radius 1 is 1.16 bits per heavy atom. The lowest BCUT2D eigenvalue weighted by Gasteiger charge is -2.42. The lowest BCUT2D eigenvalue weighted by Crippen LogP contribution is -2.45. The summed E-state index contributed by atoms with van der Waals surface area (Å²) in [6.45, 7) is 4.68. The molecule has 3 nitrogen and oxygen atoms in total. The molecule has 1 N–H and O–H groups in total. The largest absolute Gasteiger partial charge is 0.393 e. The summed E-state index contributed by atoms with van der Waals surface area (Å²) < 4.78 is 11.5. The van der Waals surface area contributed by atoms with Crippen LogP contribution < -0.4 is 0 Å². The fourth-order valence-electron chi connectivity index (χ4n) is 4.40. The van der Waals surface area contributed by atoms with Crippen LogP contribution in [0.25, 0.3) is 0 Å². The van der Waals surface area contributed by atoms with Crippen molar-refractivity contribution in [2.24, 2.45) is 17.8 Å². The Morgan fingerprint density at radius 2 is 2.05 bits per heavy atom. The third kappa shape index (κ3) is 2.98. The summed E-state index contributed by atoms with van der Waals surface area (Å²) in [5.74, 6) is 1.73. The average molecular weight is 268 g/mol. The van der Waals surface area contributed by atoms with E-state index in [4.69, 9.17) is 9.47 Å². The fourth-order valence-corrected chi connectivity index (χ4v) is 4.40. The number of rotatable bonds is 2. The summed E-state index contributed by atoms with van der Waals surface area (Å²) in [6.07, 6.45) is 7.97. The second-order valence-corrected chi connectivity index (χ2v) is 7.11. The molecule has 3 heteroatoms. The molecule has 3 rings (SSSR count). The molecule has 5 unspecified atom stereocenters. The highest BCUT2D eigenvalue weighted by atomic mass is 16.6. The Kier molecular flexibility index (Phi) is 4.16. The van der Waals surface area contributed by atoms with Crippen LogP contribution in [0.5, 0.6) is 0 Å². The maximum absolute atomic E-state index is 10.8. The summed E-state index contributed by atoms with van der Waals surface area (Å²) in [6, 6.07) is 0. The van der Waals surface area contributed by atoms with Gasteiger partial charge in [-0.25, -0.2) is 0 Å². The predicted octanol–water partition coefficient (Wildman–Crippen LogP) is 2.76. The Labute approximate surface area is 116 Å². The van der Waals surface area contributed by atoms with E-state index in [9.17, 15) is 5.11 Å².